The fourth-order valence-electron chi connectivity index (χ4n) is 2.41. The minimum absolute atomic E-state index is 0.715. The fourth-order valence-corrected chi connectivity index (χ4v) is 2.77. The second-order valence-corrected chi connectivity index (χ2v) is 5.35. The summed E-state index contributed by atoms with van der Waals surface area (Å²) >= 11 is 3.51. The maximum Gasteiger partial charge on any atom is 0.0385 e. The predicted octanol–water partition coefficient (Wildman–Crippen LogP) is 2.49. The maximum absolute atomic E-state index is 3.53. The molecule has 0 aliphatic carbocycles. The molecule has 15 heavy (non-hydrogen) atoms. The van der Waals surface area contributed by atoms with E-state index in [1.54, 1.807) is 0 Å². The van der Waals surface area contributed by atoms with E-state index in [0.717, 1.165) is 11.0 Å². The van der Waals surface area contributed by atoms with Gasteiger partial charge < -0.3 is 5.32 Å². The number of nitrogens with zero attached hydrogens (tertiary/aromatic N) is 1. The van der Waals surface area contributed by atoms with Gasteiger partial charge in [0.1, 0.15) is 0 Å². The van der Waals surface area contributed by atoms with E-state index in [1.165, 1.54) is 37.2 Å². The summed E-state index contributed by atoms with van der Waals surface area (Å²) in [6.45, 7) is 3.68. The Hall–Kier alpha value is -0.540. The Bertz CT molecular complexity index is 374. The number of rotatable bonds is 1. The first kappa shape index (κ1) is 9.67. The lowest BCUT2D eigenvalue weighted by atomic mass is 9.96. The van der Waals surface area contributed by atoms with Crippen LogP contribution in [0.15, 0.2) is 22.7 Å². The highest BCUT2D eigenvalue weighted by atomic mass is 79.9. The molecular formula is C12H15BrN2. The smallest absolute Gasteiger partial charge is 0.0385 e. The van der Waals surface area contributed by atoms with Gasteiger partial charge in [-0.3, -0.25) is 4.90 Å². The molecule has 0 saturated carbocycles. The van der Waals surface area contributed by atoms with Crippen molar-refractivity contribution in [2.24, 2.45) is 0 Å². The van der Waals surface area contributed by atoms with Gasteiger partial charge in [-0.1, -0.05) is 22.0 Å². The summed E-state index contributed by atoms with van der Waals surface area (Å²) in [5.74, 6) is 0. The third kappa shape index (κ3) is 1.79. The average Bonchev–Trinajstić information content (AvgIpc) is 2.15. The molecule has 0 aromatic heterocycles. The zero-order chi connectivity index (χ0) is 10.3. The third-order valence-electron chi connectivity index (χ3n) is 3.46. The summed E-state index contributed by atoms with van der Waals surface area (Å²) in [4.78, 5) is 2.58. The largest absolute Gasteiger partial charge is 0.383 e. The van der Waals surface area contributed by atoms with E-state index in [1.807, 2.05) is 0 Å². The van der Waals surface area contributed by atoms with Crippen LogP contribution in [0.4, 0.5) is 5.69 Å². The number of benzene rings is 1. The predicted molar refractivity (Wildman–Crippen MR) is 66.3 cm³/mol. The first-order chi connectivity index (χ1) is 7.33. The molecule has 1 aromatic carbocycles. The van der Waals surface area contributed by atoms with Crippen LogP contribution in [0.3, 0.4) is 0 Å². The normalized spacial score (nSPS) is 25.3. The summed E-state index contributed by atoms with van der Waals surface area (Å²) in [7, 11) is 0. The standard InChI is InChI=1S/C12H15BrN2/c13-10-3-2-9-6-11(15-4-1-5-15)8-14-12(9)7-10/h2-3,7,11,14H,1,4-6,8H2. The molecule has 0 radical (unpaired) electrons. The topological polar surface area (TPSA) is 15.3 Å². The first-order valence-corrected chi connectivity index (χ1v) is 6.38. The summed E-state index contributed by atoms with van der Waals surface area (Å²) < 4.78 is 1.16. The summed E-state index contributed by atoms with van der Waals surface area (Å²) in [5, 5.41) is 3.53. The van der Waals surface area contributed by atoms with Crippen LogP contribution in [0.1, 0.15) is 12.0 Å². The fraction of sp³-hybridized carbons (Fsp3) is 0.500. The lowest BCUT2D eigenvalue weighted by Crippen LogP contribution is -2.50. The van der Waals surface area contributed by atoms with Gasteiger partial charge in [0.05, 0.1) is 0 Å². The van der Waals surface area contributed by atoms with Crippen LogP contribution in [-0.2, 0) is 6.42 Å². The van der Waals surface area contributed by atoms with Crippen molar-refractivity contribution in [3.8, 4) is 0 Å². The lowest BCUT2D eigenvalue weighted by Gasteiger charge is -2.41. The molecule has 0 spiro atoms. The summed E-state index contributed by atoms with van der Waals surface area (Å²) in [5.41, 5.74) is 2.77. The molecule has 0 amide bonds. The van der Waals surface area contributed by atoms with E-state index < -0.39 is 0 Å². The number of fused-ring (bicyclic) bond motifs is 1. The van der Waals surface area contributed by atoms with E-state index in [4.69, 9.17) is 0 Å². The number of nitrogens with one attached hydrogen (secondary N) is 1. The molecule has 1 atom stereocenters. The summed E-state index contributed by atoms with van der Waals surface area (Å²) in [6, 6.07) is 7.27. The highest BCUT2D eigenvalue weighted by molar-refractivity contribution is 9.10. The van der Waals surface area contributed by atoms with Gasteiger partial charge in [0.2, 0.25) is 0 Å². The van der Waals surface area contributed by atoms with Crippen molar-refractivity contribution in [2.75, 3.05) is 25.0 Å². The molecule has 0 bridgehead atoms. The zero-order valence-corrected chi connectivity index (χ0v) is 10.3. The average molecular weight is 267 g/mol. The molecular weight excluding hydrogens is 252 g/mol. The molecule has 1 fully saturated rings. The van der Waals surface area contributed by atoms with Crippen LogP contribution in [0.5, 0.6) is 0 Å². The molecule has 1 unspecified atom stereocenters. The number of halogens is 1. The van der Waals surface area contributed by atoms with Gasteiger partial charge in [-0.05, 0) is 43.6 Å². The van der Waals surface area contributed by atoms with Gasteiger partial charge in [0.25, 0.3) is 0 Å². The van der Waals surface area contributed by atoms with Gasteiger partial charge in [-0.15, -0.1) is 0 Å². The Morgan fingerprint density at radius 1 is 1.33 bits per heavy atom. The van der Waals surface area contributed by atoms with Crippen molar-refractivity contribution in [3.05, 3.63) is 28.2 Å². The monoisotopic (exact) mass is 266 g/mol. The molecule has 2 aliphatic rings. The quantitative estimate of drug-likeness (QED) is 0.841. The first-order valence-electron chi connectivity index (χ1n) is 5.59. The minimum atomic E-state index is 0.715. The molecule has 3 rings (SSSR count). The third-order valence-corrected chi connectivity index (χ3v) is 3.96. The van der Waals surface area contributed by atoms with Gasteiger partial charge in [-0.2, -0.15) is 0 Å². The van der Waals surface area contributed by atoms with Crippen LogP contribution < -0.4 is 5.32 Å². The lowest BCUT2D eigenvalue weighted by molar-refractivity contribution is 0.122. The van der Waals surface area contributed by atoms with Gasteiger partial charge in [0, 0.05) is 22.7 Å². The highest BCUT2D eigenvalue weighted by Gasteiger charge is 2.27. The molecule has 2 aliphatic heterocycles. The molecule has 3 heteroatoms. The Balaban J connectivity index is 1.80. The number of likely N-dealkylation sites (tertiary alicyclic amines) is 1. The Labute approximate surface area is 98.8 Å². The zero-order valence-electron chi connectivity index (χ0n) is 8.67. The Morgan fingerprint density at radius 2 is 2.20 bits per heavy atom. The van der Waals surface area contributed by atoms with Crippen LogP contribution >= 0.6 is 15.9 Å². The molecule has 2 nitrogen and oxygen atoms in total. The van der Waals surface area contributed by atoms with Gasteiger partial charge in [0.15, 0.2) is 0 Å². The molecule has 80 valence electrons. The van der Waals surface area contributed by atoms with Gasteiger partial charge >= 0.3 is 0 Å². The van der Waals surface area contributed by atoms with Crippen molar-refractivity contribution in [1.29, 1.82) is 0 Å². The van der Waals surface area contributed by atoms with Crippen molar-refractivity contribution in [3.63, 3.8) is 0 Å². The number of hydrogen-bond acceptors (Lipinski definition) is 2. The number of anilines is 1. The SMILES string of the molecule is Brc1ccc2c(c1)NCC(N1CCC1)C2. The van der Waals surface area contributed by atoms with Crippen molar-refractivity contribution in [1.82, 2.24) is 4.90 Å². The molecule has 2 heterocycles. The van der Waals surface area contributed by atoms with E-state index in [9.17, 15) is 0 Å². The van der Waals surface area contributed by atoms with Crippen LogP contribution in [0, 0.1) is 0 Å². The molecule has 1 aromatic rings. The van der Waals surface area contributed by atoms with Crippen molar-refractivity contribution < 1.29 is 0 Å². The van der Waals surface area contributed by atoms with Crippen LogP contribution in [0.2, 0.25) is 0 Å². The van der Waals surface area contributed by atoms with E-state index >= 15 is 0 Å². The second kappa shape index (κ2) is 3.80. The van der Waals surface area contributed by atoms with E-state index in [-0.39, 0.29) is 0 Å². The van der Waals surface area contributed by atoms with Crippen LogP contribution in [0.25, 0.3) is 0 Å². The maximum atomic E-state index is 3.53. The number of hydrogen-bond donors (Lipinski definition) is 1. The van der Waals surface area contributed by atoms with Crippen LogP contribution in [-0.4, -0.2) is 30.6 Å². The Kier molecular flexibility index (Phi) is 2.45. The van der Waals surface area contributed by atoms with E-state index in [0.29, 0.717) is 6.04 Å². The van der Waals surface area contributed by atoms with Crippen molar-refractivity contribution >= 4 is 21.6 Å². The molecule has 1 saturated heterocycles. The summed E-state index contributed by atoms with van der Waals surface area (Å²) in [6.07, 6.45) is 2.58. The highest BCUT2D eigenvalue weighted by Crippen LogP contribution is 2.28. The van der Waals surface area contributed by atoms with Crippen molar-refractivity contribution in [2.45, 2.75) is 18.9 Å². The molecule has 1 N–H and O–H groups in total. The van der Waals surface area contributed by atoms with E-state index in [2.05, 4.69) is 44.3 Å². The second-order valence-electron chi connectivity index (χ2n) is 4.43. The minimum Gasteiger partial charge on any atom is -0.383 e. The Morgan fingerprint density at radius 3 is 2.93 bits per heavy atom. The van der Waals surface area contributed by atoms with Gasteiger partial charge in [-0.25, -0.2) is 0 Å².